The van der Waals surface area contributed by atoms with Crippen LogP contribution >= 0.6 is 0 Å². The smallest absolute Gasteiger partial charge is 0.268 e. The van der Waals surface area contributed by atoms with Gasteiger partial charge in [0.1, 0.15) is 5.75 Å². The van der Waals surface area contributed by atoms with Crippen molar-refractivity contribution >= 4 is 11.8 Å². The second kappa shape index (κ2) is 10.6. The third-order valence-electron chi connectivity index (χ3n) is 5.25. The Morgan fingerprint density at radius 3 is 2.28 bits per heavy atom. The Morgan fingerprint density at radius 1 is 1.03 bits per heavy atom. The first-order valence-corrected chi connectivity index (χ1v) is 10.5. The summed E-state index contributed by atoms with van der Waals surface area (Å²) < 4.78 is 6.09. The van der Waals surface area contributed by atoms with Gasteiger partial charge in [0.15, 0.2) is 0 Å². The number of hydrogen-bond acceptors (Lipinski definition) is 3. The Labute approximate surface area is 173 Å². The molecule has 0 bridgehead atoms. The van der Waals surface area contributed by atoms with Gasteiger partial charge in [-0.25, -0.2) is 0 Å². The number of para-hydroxylation sites is 1. The number of unbranched alkanes of at least 4 members (excludes halogenated alkanes) is 1. The molecule has 0 unspecified atom stereocenters. The van der Waals surface area contributed by atoms with E-state index in [-0.39, 0.29) is 17.9 Å². The highest BCUT2D eigenvalue weighted by Crippen LogP contribution is 2.25. The maximum atomic E-state index is 13.3. The van der Waals surface area contributed by atoms with Crippen LogP contribution in [0.2, 0.25) is 0 Å². The average molecular weight is 395 g/mol. The van der Waals surface area contributed by atoms with Gasteiger partial charge in [-0.1, -0.05) is 61.9 Å². The number of rotatable bonds is 8. The fourth-order valence-electron chi connectivity index (χ4n) is 3.57. The van der Waals surface area contributed by atoms with Crippen LogP contribution in [0.5, 0.6) is 5.75 Å². The topological polar surface area (TPSA) is 58.6 Å². The Morgan fingerprint density at radius 2 is 1.66 bits per heavy atom. The number of ether oxygens (including phenoxy) is 1. The molecule has 1 saturated heterocycles. The van der Waals surface area contributed by atoms with Crippen LogP contribution in [0.15, 0.2) is 60.7 Å². The van der Waals surface area contributed by atoms with Crippen molar-refractivity contribution in [1.29, 1.82) is 0 Å². The minimum absolute atomic E-state index is 0.0317. The first-order chi connectivity index (χ1) is 14.2. The lowest BCUT2D eigenvalue weighted by atomic mass is 10.0. The molecule has 2 amide bonds. The molecule has 1 fully saturated rings. The van der Waals surface area contributed by atoms with Gasteiger partial charge in [0.2, 0.25) is 12.0 Å². The quantitative estimate of drug-likeness (QED) is 0.733. The average Bonchev–Trinajstić information content (AvgIpc) is 2.77. The second-order valence-corrected chi connectivity index (χ2v) is 7.49. The normalized spacial score (nSPS) is 15.6. The van der Waals surface area contributed by atoms with Crippen LogP contribution in [0.1, 0.15) is 50.7 Å². The number of likely N-dealkylation sites (tertiary alicyclic amines) is 1. The standard InChI is InChI=1S/C24H30N2O3/c1-2-3-14-22(27)25-20-15-17-26(18-16-20)24(28)23(19-10-6-4-7-11-19)29-21-12-8-5-9-13-21/h4-13,20,23H,2-3,14-18H2,1H3,(H,25,27)/t23-/m0/s1. The summed E-state index contributed by atoms with van der Waals surface area (Å²) >= 11 is 0. The van der Waals surface area contributed by atoms with Crippen molar-refractivity contribution in [2.45, 2.75) is 51.2 Å². The van der Waals surface area contributed by atoms with Gasteiger partial charge in [0.05, 0.1) is 0 Å². The van der Waals surface area contributed by atoms with Crippen molar-refractivity contribution in [3.63, 3.8) is 0 Å². The zero-order valence-corrected chi connectivity index (χ0v) is 17.0. The number of carbonyl (C=O) groups excluding carboxylic acids is 2. The minimum atomic E-state index is -0.672. The van der Waals surface area contributed by atoms with E-state index in [1.807, 2.05) is 65.6 Å². The van der Waals surface area contributed by atoms with Crippen LogP contribution in [0.25, 0.3) is 0 Å². The summed E-state index contributed by atoms with van der Waals surface area (Å²) in [6.07, 6.45) is 3.39. The zero-order valence-electron chi connectivity index (χ0n) is 17.0. The molecule has 2 aromatic rings. The number of nitrogens with one attached hydrogen (secondary N) is 1. The lowest BCUT2D eigenvalue weighted by Crippen LogP contribution is -2.48. The molecule has 5 heteroatoms. The van der Waals surface area contributed by atoms with Gasteiger partial charge in [0, 0.05) is 31.1 Å². The third kappa shape index (κ3) is 6.08. The van der Waals surface area contributed by atoms with Gasteiger partial charge < -0.3 is 15.0 Å². The van der Waals surface area contributed by atoms with Crippen LogP contribution in [-0.4, -0.2) is 35.8 Å². The third-order valence-corrected chi connectivity index (χ3v) is 5.25. The highest BCUT2D eigenvalue weighted by Gasteiger charge is 2.31. The monoisotopic (exact) mass is 394 g/mol. The zero-order chi connectivity index (χ0) is 20.5. The van der Waals surface area contributed by atoms with E-state index in [0.717, 1.165) is 31.2 Å². The van der Waals surface area contributed by atoms with Gasteiger partial charge in [-0.2, -0.15) is 0 Å². The number of amides is 2. The highest BCUT2D eigenvalue weighted by atomic mass is 16.5. The molecule has 1 heterocycles. The second-order valence-electron chi connectivity index (χ2n) is 7.49. The Bertz CT molecular complexity index is 771. The summed E-state index contributed by atoms with van der Waals surface area (Å²) in [7, 11) is 0. The van der Waals surface area contributed by atoms with Gasteiger partial charge in [-0.3, -0.25) is 9.59 Å². The SMILES string of the molecule is CCCCC(=O)NC1CCN(C(=O)[C@@H](Oc2ccccc2)c2ccccc2)CC1. The van der Waals surface area contributed by atoms with Crippen molar-refractivity contribution in [2.75, 3.05) is 13.1 Å². The number of piperidine rings is 1. The van der Waals surface area contributed by atoms with E-state index in [1.165, 1.54) is 0 Å². The molecular formula is C24H30N2O3. The molecule has 0 saturated carbocycles. The maximum Gasteiger partial charge on any atom is 0.268 e. The molecule has 0 spiro atoms. The van der Waals surface area contributed by atoms with Gasteiger partial charge in [0.25, 0.3) is 5.91 Å². The highest BCUT2D eigenvalue weighted by molar-refractivity contribution is 5.83. The van der Waals surface area contributed by atoms with E-state index in [1.54, 1.807) is 0 Å². The Kier molecular flexibility index (Phi) is 7.68. The fraction of sp³-hybridized carbons (Fsp3) is 0.417. The molecule has 2 aromatic carbocycles. The van der Waals surface area contributed by atoms with Crippen LogP contribution in [0.4, 0.5) is 0 Å². The summed E-state index contributed by atoms with van der Waals surface area (Å²) in [4.78, 5) is 27.1. The molecule has 0 aliphatic carbocycles. The van der Waals surface area contributed by atoms with Crippen molar-refractivity contribution in [2.24, 2.45) is 0 Å². The minimum Gasteiger partial charge on any atom is -0.476 e. The number of benzene rings is 2. The predicted octanol–water partition coefficient (Wildman–Crippen LogP) is 4.10. The number of hydrogen-bond donors (Lipinski definition) is 1. The molecule has 1 atom stereocenters. The Balaban J connectivity index is 1.62. The van der Waals surface area contributed by atoms with E-state index in [4.69, 9.17) is 4.74 Å². The molecule has 1 aliphatic rings. The molecule has 154 valence electrons. The summed E-state index contributed by atoms with van der Waals surface area (Å²) in [5.41, 5.74) is 0.844. The summed E-state index contributed by atoms with van der Waals surface area (Å²) in [5, 5.41) is 3.11. The van der Waals surface area contributed by atoms with Crippen LogP contribution < -0.4 is 10.1 Å². The van der Waals surface area contributed by atoms with Gasteiger partial charge >= 0.3 is 0 Å². The van der Waals surface area contributed by atoms with E-state index >= 15 is 0 Å². The molecule has 0 radical (unpaired) electrons. The van der Waals surface area contributed by atoms with Crippen LogP contribution in [0, 0.1) is 0 Å². The largest absolute Gasteiger partial charge is 0.476 e. The van der Waals surface area contributed by atoms with E-state index in [0.29, 0.717) is 25.3 Å². The molecule has 1 N–H and O–H groups in total. The lowest BCUT2D eigenvalue weighted by Gasteiger charge is -2.34. The number of carbonyl (C=O) groups is 2. The van der Waals surface area contributed by atoms with Gasteiger partial charge in [-0.15, -0.1) is 0 Å². The van der Waals surface area contributed by atoms with Crippen LogP contribution in [0.3, 0.4) is 0 Å². The fourth-order valence-corrected chi connectivity index (χ4v) is 3.57. The predicted molar refractivity (Wildman–Crippen MR) is 114 cm³/mol. The molecule has 1 aliphatic heterocycles. The first kappa shape index (κ1) is 20.9. The summed E-state index contributed by atoms with van der Waals surface area (Å²) in [5.74, 6) is 0.759. The van der Waals surface area contributed by atoms with Crippen molar-refractivity contribution in [3.8, 4) is 5.75 Å². The van der Waals surface area contributed by atoms with Crippen LogP contribution in [-0.2, 0) is 9.59 Å². The maximum absolute atomic E-state index is 13.3. The van der Waals surface area contributed by atoms with E-state index < -0.39 is 6.10 Å². The van der Waals surface area contributed by atoms with E-state index in [2.05, 4.69) is 12.2 Å². The molecule has 5 nitrogen and oxygen atoms in total. The Hall–Kier alpha value is -2.82. The molecule has 29 heavy (non-hydrogen) atoms. The first-order valence-electron chi connectivity index (χ1n) is 10.5. The molecule has 3 rings (SSSR count). The number of nitrogens with zero attached hydrogens (tertiary/aromatic N) is 1. The van der Waals surface area contributed by atoms with E-state index in [9.17, 15) is 9.59 Å². The molecule has 0 aromatic heterocycles. The van der Waals surface area contributed by atoms with Crippen molar-refractivity contribution < 1.29 is 14.3 Å². The van der Waals surface area contributed by atoms with Crippen molar-refractivity contribution in [1.82, 2.24) is 10.2 Å². The summed E-state index contributed by atoms with van der Waals surface area (Å²) in [6.45, 7) is 3.33. The van der Waals surface area contributed by atoms with Crippen molar-refractivity contribution in [3.05, 3.63) is 66.2 Å². The summed E-state index contributed by atoms with van der Waals surface area (Å²) in [6, 6.07) is 19.2. The van der Waals surface area contributed by atoms with Gasteiger partial charge in [-0.05, 0) is 31.4 Å². The lowest BCUT2D eigenvalue weighted by molar-refractivity contribution is -0.140. The molecular weight excluding hydrogens is 364 g/mol.